The highest BCUT2D eigenvalue weighted by Gasteiger charge is 2.08. The zero-order valence-corrected chi connectivity index (χ0v) is 16.9. The highest BCUT2D eigenvalue weighted by Crippen LogP contribution is 2.26. The number of aryl methyl sites for hydroxylation is 2. The third-order valence-corrected chi connectivity index (χ3v) is 4.75. The molecule has 3 aromatic rings. The summed E-state index contributed by atoms with van der Waals surface area (Å²) >= 11 is 1.28. The van der Waals surface area contributed by atoms with Crippen molar-refractivity contribution in [3.63, 3.8) is 0 Å². The minimum Gasteiger partial charge on any atom is -0.493 e. The van der Waals surface area contributed by atoms with Gasteiger partial charge in [0.1, 0.15) is 5.75 Å². The molecule has 0 saturated heterocycles. The number of nitrogens with one attached hydrogen (secondary N) is 1. The molecule has 0 aliphatic heterocycles. The normalized spacial score (nSPS) is 11.1. The topological polar surface area (TPSA) is 76.5 Å². The number of carbonyl (C=O) groups is 1. The van der Waals surface area contributed by atoms with Crippen molar-refractivity contribution in [3.8, 4) is 5.75 Å². The molecule has 0 radical (unpaired) electrons. The van der Waals surface area contributed by atoms with E-state index in [9.17, 15) is 4.79 Å². The van der Waals surface area contributed by atoms with Crippen LogP contribution in [-0.4, -0.2) is 34.4 Å². The van der Waals surface area contributed by atoms with Crippen LogP contribution in [0.2, 0.25) is 0 Å². The zero-order valence-electron chi connectivity index (χ0n) is 16.1. The van der Waals surface area contributed by atoms with Gasteiger partial charge in [0.05, 0.1) is 18.6 Å². The highest BCUT2D eigenvalue weighted by atomic mass is 32.2. The highest BCUT2D eigenvalue weighted by molar-refractivity contribution is 7.99. The molecule has 144 valence electrons. The van der Waals surface area contributed by atoms with Crippen molar-refractivity contribution >= 4 is 34.7 Å². The Kier molecular flexibility index (Phi) is 6.60. The molecule has 0 fully saturated rings. The maximum absolute atomic E-state index is 12.1. The summed E-state index contributed by atoms with van der Waals surface area (Å²) in [6.07, 6.45) is 1.63. The number of hydrogen-bond acceptors (Lipinski definition) is 6. The Balaban J connectivity index is 1.68. The Morgan fingerprint density at radius 1 is 1.18 bits per heavy atom. The number of amides is 1. The largest absolute Gasteiger partial charge is 0.493 e. The molecule has 1 amide bonds. The van der Waals surface area contributed by atoms with Crippen LogP contribution in [0.3, 0.4) is 0 Å². The number of carbonyl (C=O) groups excluding carboxylic acids is 1. The van der Waals surface area contributed by atoms with Gasteiger partial charge in [-0.25, -0.2) is 15.4 Å². The lowest BCUT2D eigenvalue weighted by atomic mass is 10.0. The monoisotopic (exact) mass is 394 g/mol. The SMILES string of the molecule is CCOc1ccc2ccccc2c1/C=N\NC(=O)CSc1nc(C)cc(C)n1. The molecule has 0 aliphatic rings. The summed E-state index contributed by atoms with van der Waals surface area (Å²) in [7, 11) is 0. The number of ether oxygens (including phenoxy) is 1. The van der Waals surface area contributed by atoms with Crippen LogP contribution < -0.4 is 10.2 Å². The standard InChI is InChI=1S/C21H22N4O2S/c1-4-27-19-10-9-16-7-5-6-8-17(16)18(19)12-22-25-20(26)13-28-21-23-14(2)11-15(3)24-21/h5-12H,4,13H2,1-3H3,(H,25,26)/b22-12-. The Morgan fingerprint density at radius 3 is 2.68 bits per heavy atom. The average Bonchev–Trinajstić information content (AvgIpc) is 2.67. The van der Waals surface area contributed by atoms with Gasteiger partial charge in [-0.1, -0.05) is 42.1 Å². The van der Waals surface area contributed by atoms with Gasteiger partial charge in [0.15, 0.2) is 5.16 Å². The van der Waals surface area contributed by atoms with Crippen LogP contribution in [0.4, 0.5) is 0 Å². The fourth-order valence-electron chi connectivity index (χ4n) is 2.78. The zero-order chi connectivity index (χ0) is 19.9. The molecule has 28 heavy (non-hydrogen) atoms. The van der Waals surface area contributed by atoms with Crippen LogP contribution in [0.1, 0.15) is 23.9 Å². The van der Waals surface area contributed by atoms with Gasteiger partial charge < -0.3 is 4.74 Å². The summed E-state index contributed by atoms with van der Waals surface area (Å²) in [5, 5.41) is 6.81. The van der Waals surface area contributed by atoms with E-state index in [1.54, 1.807) is 6.21 Å². The van der Waals surface area contributed by atoms with E-state index in [2.05, 4.69) is 20.5 Å². The molecule has 0 spiro atoms. The second kappa shape index (κ2) is 9.32. The van der Waals surface area contributed by atoms with E-state index in [0.29, 0.717) is 11.8 Å². The smallest absolute Gasteiger partial charge is 0.250 e. The van der Waals surface area contributed by atoms with E-state index in [-0.39, 0.29) is 11.7 Å². The molecule has 0 atom stereocenters. The molecule has 7 heteroatoms. The molecule has 0 unspecified atom stereocenters. The van der Waals surface area contributed by atoms with Gasteiger partial charge in [0.25, 0.3) is 5.91 Å². The summed E-state index contributed by atoms with van der Waals surface area (Å²) in [5.41, 5.74) is 5.17. The fourth-order valence-corrected chi connectivity index (χ4v) is 3.52. The fraction of sp³-hybridized carbons (Fsp3) is 0.238. The van der Waals surface area contributed by atoms with E-state index in [1.165, 1.54) is 11.8 Å². The summed E-state index contributed by atoms with van der Waals surface area (Å²) in [4.78, 5) is 20.8. The number of aromatic nitrogens is 2. The molecule has 3 rings (SSSR count). The van der Waals surface area contributed by atoms with Gasteiger partial charge in [-0.05, 0) is 43.7 Å². The first-order chi connectivity index (χ1) is 13.6. The Hall–Kier alpha value is -2.93. The number of thioether (sulfide) groups is 1. The van der Waals surface area contributed by atoms with Crippen LogP contribution in [0, 0.1) is 13.8 Å². The lowest BCUT2D eigenvalue weighted by Crippen LogP contribution is -2.20. The van der Waals surface area contributed by atoms with Crippen LogP contribution in [-0.2, 0) is 4.79 Å². The molecule has 0 saturated carbocycles. The summed E-state index contributed by atoms with van der Waals surface area (Å²) < 4.78 is 5.71. The maximum atomic E-state index is 12.1. The molecule has 0 bridgehead atoms. The number of benzene rings is 2. The van der Waals surface area contributed by atoms with Gasteiger partial charge in [0, 0.05) is 17.0 Å². The minimum absolute atomic E-state index is 0.189. The van der Waals surface area contributed by atoms with Crippen molar-refractivity contribution in [3.05, 3.63) is 59.4 Å². The summed E-state index contributed by atoms with van der Waals surface area (Å²) in [5.74, 6) is 0.702. The van der Waals surface area contributed by atoms with E-state index in [4.69, 9.17) is 4.74 Å². The number of hydrazone groups is 1. The van der Waals surface area contributed by atoms with Gasteiger partial charge in [-0.15, -0.1) is 0 Å². The van der Waals surface area contributed by atoms with Crippen molar-refractivity contribution < 1.29 is 9.53 Å². The van der Waals surface area contributed by atoms with Crippen molar-refractivity contribution in [1.29, 1.82) is 0 Å². The lowest BCUT2D eigenvalue weighted by Gasteiger charge is -2.10. The molecule has 1 heterocycles. The number of fused-ring (bicyclic) bond motifs is 1. The van der Waals surface area contributed by atoms with Crippen molar-refractivity contribution in [2.24, 2.45) is 5.10 Å². The van der Waals surface area contributed by atoms with Crippen molar-refractivity contribution in [1.82, 2.24) is 15.4 Å². The second-order valence-corrected chi connectivity index (χ2v) is 7.09. The van der Waals surface area contributed by atoms with E-state index in [0.717, 1.165) is 33.5 Å². The molecule has 2 aromatic carbocycles. The van der Waals surface area contributed by atoms with Crippen LogP contribution in [0.15, 0.2) is 52.7 Å². The first-order valence-corrected chi connectivity index (χ1v) is 9.97. The van der Waals surface area contributed by atoms with Gasteiger partial charge >= 0.3 is 0 Å². The third kappa shape index (κ3) is 5.07. The summed E-state index contributed by atoms with van der Waals surface area (Å²) in [6, 6.07) is 13.8. The van der Waals surface area contributed by atoms with E-state index in [1.807, 2.05) is 63.2 Å². The van der Waals surface area contributed by atoms with Crippen LogP contribution in [0.5, 0.6) is 5.75 Å². The molecule has 1 aromatic heterocycles. The van der Waals surface area contributed by atoms with E-state index >= 15 is 0 Å². The Morgan fingerprint density at radius 2 is 1.93 bits per heavy atom. The predicted molar refractivity (Wildman–Crippen MR) is 113 cm³/mol. The molecule has 1 N–H and O–H groups in total. The summed E-state index contributed by atoms with van der Waals surface area (Å²) in [6.45, 7) is 6.30. The lowest BCUT2D eigenvalue weighted by molar-refractivity contribution is -0.118. The Labute approximate surface area is 168 Å². The molecular weight excluding hydrogens is 372 g/mol. The minimum atomic E-state index is -0.220. The molecule has 6 nitrogen and oxygen atoms in total. The maximum Gasteiger partial charge on any atom is 0.250 e. The van der Waals surface area contributed by atoms with Crippen LogP contribution >= 0.6 is 11.8 Å². The molecular formula is C21H22N4O2S. The van der Waals surface area contributed by atoms with Gasteiger partial charge in [-0.3, -0.25) is 4.79 Å². The first-order valence-electron chi connectivity index (χ1n) is 8.98. The first kappa shape index (κ1) is 19.8. The Bertz CT molecular complexity index is 1000. The molecule has 0 aliphatic carbocycles. The quantitative estimate of drug-likeness (QED) is 0.285. The van der Waals surface area contributed by atoms with E-state index < -0.39 is 0 Å². The van der Waals surface area contributed by atoms with Gasteiger partial charge in [0.2, 0.25) is 0 Å². The average molecular weight is 395 g/mol. The number of hydrogen-bond donors (Lipinski definition) is 1. The number of rotatable bonds is 7. The third-order valence-electron chi connectivity index (χ3n) is 3.91. The predicted octanol–water partition coefficient (Wildman–Crippen LogP) is 3.89. The second-order valence-electron chi connectivity index (χ2n) is 6.15. The number of nitrogens with zero attached hydrogens (tertiary/aromatic N) is 3. The van der Waals surface area contributed by atoms with Gasteiger partial charge in [-0.2, -0.15) is 5.10 Å². The van der Waals surface area contributed by atoms with Crippen molar-refractivity contribution in [2.75, 3.05) is 12.4 Å². The van der Waals surface area contributed by atoms with Crippen LogP contribution in [0.25, 0.3) is 10.8 Å². The van der Waals surface area contributed by atoms with Crippen molar-refractivity contribution in [2.45, 2.75) is 25.9 Å².